The number of nitrogens with zero attached hydrogens (tertiary/aromatic N) is 1. The lowest BCUT2D eigenvalue weighted by molar-refractivity contribution is -0.130. The van der Waals surface area contributed by atoms with E-state index in [0.29, 0.717) is 19.4 Å². The molecule has 4 amide bonds. The number of amides is 4. The normalized spacial score (nSPS) is 15.8. The van der Waals surface area contributed by atoms with Crippen LogP contribution in [-0.4, -0.2) is 54.0 Å². The number of nitrogens with one attached hydrogen (secondary N) is 3. The van der Waals surface area contributed by atoms with Gasteiger partial charge in [0.05, 0.1) is 13.5 Å². The van der Waals surface area contributed by atoms with Crippen molar-refractivity contribution in [2.24, 2.45) is 0 Å². The van der Waals surface area contributed by atoms with E-state index < -0.39 is 12.1 Å². The van der Waals surface area contributed by atoms with Crippen molar-refractivity contribution in [2.75, 3.05) is 20.2 Å². The van der Waals surface area contributed by atoms with E-state index in [2.05, 4.69) is 15.6 Å². The Balaban J connectivity index is 1.25. The van der Waals surface area contributed by atoms with Crippen LogP contribution in [0, 0.1) is 0 Å². The summed E-state index contributed by atoms with van der Waals surface area (Å²) < 4.78 is 5.13. The Kier molecular flexibility index (Phi) is 6.39. The van der Waals surface area contributed by atoms with Crippen LogP contribution in [0.25, 0.3) is 10.9 Å². The molecule has 0 radical (unpaired) electrons. The second-order valence-electron chi connectivity index (χ2n) is 7.75. The maximum Gasteiger partial charge on any atom is 0.324 e. The Morgan fingerprint density at radius 1 is 1.09 bits per heavy atom. The summed E-state index contributed by atoms with van der Waals surface area (Å²) in [5.74, 6) is 0.151. The quantitative estimate of drug-likeness (QED) is 0.450. The molecule has 0 bridgehead atoms. The van der Waals surface area contributed by atoms with Gasteiger partial charge in [0.25, 0.3) is 5.91 Å². The number of imide groups is 1. The monoisotopic (exact) mass is 434 g/mol. The van der Waals surface area contributed by atoms with Crippen LogP contribution in [-0.2, 0) is 22.4 Å². The van der Waals surface area contributed by atoms with Crippen molar-refractivity contribution in [1.82, 2.24) is 20.5 Å². The first-order valence-electron chi connectivity index (χ1n) is 10.6. The lowest BCUT2D eigenvalue weighted by atomic mass is 10.1. The Labute approximate surface area is 185 Å². The number of carbonyl (C=O) groups excluding carboxylic acids is 3. The second kappa shape index (κ2) is 9.55. The van der Waals surface area contributed by atoms with Crippen LogP contribution >= 0.6 is 0 Å². The number of methoxy groups -OCH3 is 1. The SMILES string of the molecule is COc1ccc(CCNC(=O)C[C@H]2NC(=O)N(CCc3c[nH]c4ccccc34)C2=O)cc1. The molecule has 4 rings (SSSR count). The highest BCUT2D eigenvalue weighted by Crippen LogP contribution is 2.19. The van der Waals surface area contributed by atoms with E-state index in [1.165, 1.54) is 4.90 Å². The molecule has 166 valence electrons. The van der Waals surface area contributed by atoms with Gasteiger partial charge in [-0.15, -0.1) is 0 Å². The van der Waals surface area contributed by atoms with Gasteiger partial charge < -0.3 is 20.4 Å². The van der Waals surface area contributed by atoms with Crippen molar-refractivity contribution in [3.05, 3.63) is 65.9 Å². The minimum atomic E-state index is -0.827. The molecule has 0 unspecified atom stereocenters. The molecule has 1 atom stereocenters. The van der Waals surface area contributed by atoms with Gasteiger partial charge in [0.1, 0.15) is 11.8 Å². The Bertz CT molecular complexity index is 1120. The van der Waals surface area contributed by atoms with Crippen LogP contribution in [0.15, 0.2) is 54.7 Å². The van der Waals surface area contributed by atoms with E-state index in [-0.39, 0.29) is 24.8 Å². The van der Waals surface area contributed by atoms with E-state index in [4.69, 9.17) is 4.74 Å². The summed E-state index contributed by atoms with van der Waals surface area (Å²) in [4.78, 5) is 41.6. The van der Waals surface area contributed by atoms with Crippen LogP contribution in [0.1, 0.15) is 17.5 Å². The molecule has 3 N–H and O–H groups in total. The molecule has 1 aromatic heterocycles. The molecule has 1 saturated heterocycles. The van der Waals surface area contributed by atoms with Gasteiger partial charge in [-0.3, -0.25) is 14.5 Å². The number of rotatable bonds is 9. The maximum absolute atomic E-state index is 12.7. The third-order valence-corrected chi connectivity index (χ3v) is 5.67. The van der Waals surface area contributed by atoms with E-state index in [1.807, 2.05) is 54.7 Å². The fourth-order valence-electron chi connectivity index (χ4n) is 3.89. The largest absolute Gasteiger partial charge is 0.497 e. The number of carbonyl (C=O) groups is 3. The van der Waals surface area contributed by atoms with Crippen molar-refractivity contribution in [2.45, 2.75) is 25.3 Å². The predicted octanol–water partition coefficient (Wildman–Crippen LogP) is 2.39. The highest BCUT2D eigenvalue weighted by atomic mass is 16.5. The van der Waals surface area contributed by atoms with Crippen molar-refractivity contribution >= 4 is 28.7 Å². The van der Waals surface area contributed by atoms with Crippen molar-refractivity contribution < 1.29 is 19.1 Å². The zero-order valence-electron chi connectivity index (χ0n) is 17.9. The van der Waals surface area contributed by atoms with Gasteiger partial charge in [-0.2, -0.15) is 0 Å². The van der Waals surface area contributed by atoms with Gasteiger partial charge in [0.15, 0.2) is 0 Å². The first-order chi connectivity index (χ1) is 15.5. The predicted molar refractivity (Wildman–Crippen MR) is 120 cm³/mol. The summed E-state index contributed by atoms with van der Waals surface area (Å²) in [6, 6.07) is 14.2. The lowest BCUT2D eigenvalue weighted by Gasteiger charge is -2.13. The Hall–Kier alpha value is -3.81. The van der Waals surface area contributed by atoms with Crippen molar-refractivity contribution in [1.29, 1.82) is 0 Å². The molecular weight excluding hydrogens is 408 g/mol. The molecule has 8 heteroatoms. The number of urea groups is 1. The molecule has 0 saturated carbocycles. The van der Waals surface area contributed by atoms with Crippen LogP contribution in [0.4, 0.5) is 4.79 Å². The maximum atomic E-state index is 12.7. The molecule has 1 aliphatic heterocycles. The highest BCUT2D eigenvalue weighted by Gasteiger charge is 2.38. The highest BCUT2D eigenvalue weighted by molar-refractivity contribution is 6.05. The molecule has 8 nitrogen and oxygen atoms in total. The summed E-state index contributed by atoms with van der Waals surface area (Å²) in [5.41, 5.74) is 3.13. The number of hydrogen-bond acceptors (Lipinski definition) is 4. The molecule has 0 spiro atoms. The number of aromatic nitrogens is 1. The molecule has 2 aromatic carbocycles. The van der Waals surface area contributed by atoms with Gasteiger partial charge in [-0.25, -0.2) is 4.79 Å². The fraction of sp³-hybridized carbons (Fsp3) is 0.292. The van der Waals surface area contributed by atoms with E-state index in [1.54, 1.807) is 7.11 Å². The van der Waals surface area contributed by atoms with Gasteiger partial charge in [0.2, 0.25) is 5.91 Å². The van der Waals surface area contributed by atoms with Gasteiger partial charge in [-0.05, 0) is 42.2 Å². The van der Waals surface area contributed by atoms with Gasteiger partial charge in [0, 0.05) is 30.2 Å². The van der Waals surface area contributed by atoms with Gasteiger partial charge in [-0.1, -0.05) is 30.3 Å². The zero-order chi connectivity index (χ0) is 22.5. The first kappa shape index (κ1) is 21.4. The first-order valence-corrected chi connectivity index (χ1v) is 10.6. The zero-order valence-corrected chi connectivity index (χ0v) is 17.9. The number of aromatic amines is 1. The van der Waals surface area contributed by atoms with Crippen LogP contribution in [0.2, 0.25) is 0 Å². The number of H-pyrrole nitrogens is 1. The average Bonchev–Trinajstić information content (AvgIpc) is 3.33. The molecule has 1 fully saturated rings. The third kappa shape index (κ3) is 4.74. The smallest absolute Gasteiger partial charge is 0.324 e. The van der Waals surface area contributed by atoms with E-state index in [0.717, 1.165) is 27.8 Å². The lowest BCUT2D eigenvalue weighted by Crippen LogP contribution is -2.37. The molecule has 32 heavy (non-hydrogen) atoms. The van der Waals surface area contributed by atoms with Crippen molar-refractivity contribution in [3.63, 3.8) is 0 Å². The van der Waals surface area contributed by atoms with Gasteiger partial charge >= 0.3 is 6.03 Å². The molecule has 2 heterocycles. The molecular formula is C24H26N4O4. The summed E-state index contributed by atoms with van der Waals surface area (Å²) in [7, 11) is 1.61. The van der Waals surface area contributed by atoms with Crippen LogP contribution in [0.3, 0.4) is 0 Å². The number of fused-ring (bicyclic) bond motifs is 1. The Morgan fingerprint density at radius 3 is 2.66 bits per heavy atom. The third-order valence-electron chi connectivity index (χ3n) is 5.67. The standard InChI is InChI=1S/C24H26N4O4/c1-32-18-8-6-16(7-9-18)10-12-25-22(29)14-21-23(30)28(24(31)27-21)13-11-17-15-26-20-5-3-2-4-19(17)20/h2-9,15,21,26H,10-14H2,1H3,(H,25,29)(H,27,31)/t21-/m1/s1. The minimum absolute atomic E-state index is 0.0726. The second-order valence-corrected chi connectivity index (χ2v) is 7.75. The Morgan fingerprint density at radius 2 is 1.88 bits per heavy atom. The molecule has 3 aromatic rings. The van der Waals surface area contributed by atoms with E-state index >= 15 is 0 Å². The summed E-state index contributed by atoms with van der Waals surface area (Å²) in [5, 5.41) is 6.52. The van der Waals surface area contributed by atoms with Crippen LogP contribution < -0.4 is 15.4 Å². The number of benzene rings is 2. The topological polar surface area (TPSA) is 104 Å². The average molecular weight is 434 g/mol. The minimum Gasteiger partial charge on any atom is -0.497 e. The number of hydrogen-bond donors (Lipinski definition) is 3. The van der Waals surface area contributed by atoms with Crippen LogP contribution in [0.5, 0.6) is 5.75 Å². The summed E-state index contributed by atoms with van der Waals surface area (Å²) in [6.07, 6.45) is 3.04. The van der Waals surface area contributed by atoms with E-state index in [9.17, 15) is 14.4 Å². The fourth-order valence-corrected chi connectivity index (χ4v) is 3.89. The molecule has 0 aliphatic carbocycles. The molecule has 1 aliphatic rings. The summed E-state index contributed by atoms with van der Waals surface area (Å²) in [6.45, 7) is 0.715. The summed E-state index contributed by atoms with van der Waals surface area (Å²) >= 11 is 0. The van der Waals surface area contributed by atoms with Crippen molar-refractivity contribution in [3.8, 4) is 5.75 Å². The number of ether oxygens (including phenoxy) is 1. The number of para-hydroxylation sites is 1.